The third-order valence-electron chi connectivity index (χ3n) is 7.64. The Morgan fingerprint density at radius 3 is 2.68 bits per heavy atom. The first-order valence-electron chi connectivity index (χ1n) is 13.0. The van der Waals surface area contributed by atoms with Crippen molar-refractivity contribution in [3.05, 3.63) is 86.7 Å². The Bertz CT molecular complexity index is 1650. The van der Waals surface area contributed by atoms with Gasteiger partial charge in [-0.15, -0.1) is 11.3 Å². The molecule has 6 rings (SSSR count). The Morgan fingerprint density at radius 1 is 1.11 bits per heavy atom. The smallest absolute Gasteiger partial charge is 0.262 e. The Balaban J connectivity index is 1.12. The van der Waals surface area contributed by atoms with Crippen molar-refractivity contribution in [2.75, 3.05) is 19.6 Å². The van der Waals surface area contributed by atoms with Crippen molar-refractivity contribution < 1.29 is 4.39 Å². The van der Waals surface area contributed by atoms with E-state index in [0.29, 0.717) is 18.9 Å². The second-order valence-electron chi connectivity index (χ2n) is 10.2. The van der Waals surface area contributed by atoms with Crippen LogP contribution >= 0.6 is 11.3 Å². The lowest BCUT2D eigenvalue weighted by Crippen LogP contribution is -2.37. The van der Waals surface area contributed by atoms with Gasteiger partial charge in [-0.2, -0.15) is 0 Å². The van der Waals surface area contributed by atoms with E-state index >= 15 is 0 Å². The highest BCUT2D eigenvalue weighted by Gasteiger charge is 2.23. The molecule has 38 heavy (non-hydrogen) atoms. The van der Waals surface area contributed by atoms with E-state index in [9.17, 15) is 9.18 Å². The number of rotatable bonds is 7. The van der Waals surface area contributed by atoms with Gasteiger partial charge in [-0.1, -0.05) is 12.1 Å². The van der Waals surface area contributed by atoms with Crippen molar-refractivity contribution in [2.24, 2.45) is 5.92 Å². The van der Waals surface area contributed by atoms with Crippen LogP contribution < -0.4 is 5.56 Å². The van der Waals surface area contributed by atoms with Crippen LogP contribution in [0.4, 0.5) is 4.39 Å². The van der Waals surface area contributed by atoms with E-state index in [1.165, 1.54) is 23.5 Å². The summed E-state index contributed by atoms with van der Waals surface area (Å²) in [5, 5.41) is 1.98. The van der Waals surface area contributed by atoms with Crippen LogP contribution in [0.15, 0.2) is 47.0 Å². The fourth-order valence-electron chi connectivity index (χ4n) is 5.47. The van der Waals surface area contributed by atoms with Gasteiger partial charge in [0.25, 0.3) is 5.56 Å². The van der Waals surface area contributed by atoms with Gasteiger partial charge in [0.1, 0.15) is 23.5 Å². The maximum Gasteiger partial charge on any atom is 0.262 e. The molecule has 0 spiro atoms. The molecule has 4 aromatic heterocycles. The summed E-state index contributed by atoms with van der Waals surface area (Å²) in [7, 11) is 0. The molecule has 0 radical (unpaired) electrons. The summed E-state index contributed by atoms with van der Waals surface area (Å²) >= 11 is 1.51. The summed E-state index contributed by atoms with van der Waals surface area (Å²) in [5.41, 5.74) is 5.29. The van der Waals surface area contributed by atoms with Crippen LogP contribution in [-0.4, -0.2) is 53.4 Å². The van der Waals surface area contributed by atoms with Crippen LogP contribution in [0.5, 0.6) is 0 Å². The van der Waals surface area contributed by atoms with E-state index in [2.05, 4.69) is 24.4 Å². The average molecular weight is 532 g/mol. The van der Waals surface area contributed by atoms with Crippen molar-refractivity contribution in [1.29, 1.82) is 0 Å². The molecule has 1 fully saturated rings. The maximum atomic E-state index is 13.4. The largest absolute Gasteiger partial charge is 0.308 e. The molecule has 5 heterocycles. The molecule has 0 unspecified atom stereocenters. The summed E-state index contributed by atoms with van der Waals surface area (Å²) in [6.45, 7) is 7.35. The predicted octanol–water partition coefficient (Wildman–Crippen LogP) is 4.20. The van der Waals surface area contributed by atoms with Crippen LogP contribution in [-0.2, 0) is 19.4 Å². The van der Waals surface area contributed by atoms with Crippen molar-refractivity contribution in [3.63, 3.8) is 0 Å². The highest BCUT2D eigenvalue weighted by Crippen LogP contribution is 2.24. The number of hydrogen-bond acceptors (Lipinski definition) is 7. The number of imidazole rings is 1. The van der Waals surface area contributed by atoms with Crippen molar-refractivity contribution in [2.45, 2.75) is 46.1 Å². The molecule has 0 amide bonds. The molecule has 196 valence electrons. The molecule has 0 N–H and O–H groups in total. The number of benzene rings is 1. The van der Waals surface area contributed by atoms with Gasteiger partial charge in [0.05, 0.1) is 12.7 Å². The summed E-state index contributed by atoms with van der Waals surface area (Å²) in [4.78, 5) is 34.5. The molecule has 5 aromatic rings. The molecule has 1 saturated heterocycles. The molecule has 0 bridgehead atoms. The van der Waals surface area contributed by atoms with E-state index < -0.39 is 0 Å². The third-order valence-corrected chi connectivity index (χ3v) is 8.58. The quantitative estimate of drug-likeness (QED) is 0.313. The van der Waals surface area contributed by atoms with Crippen LogP contribution in [0, 0.1) is 25.6 Å². The van der Waals surface area contributed by atoms with Gasteiger partial charge in [-0.25, -0.2) is 24.3 Å². The number of hydrogen-bond donors (Lipinski definition) is 0. The fourth-order valence-corrected chi connectivity index (χ4v) is 6.37. The summed E-state index contributed by atoms with van der Waals surface area (Å²) in [6.07, 6.45) is 7.03. The molecular weight excluding hydrogens is 501 g/mol. The minimum atomic E-state index is -0.239. The second kappa shape index (κ2) is 10.3. The predicted molar refractivity (Wildman–Crippen MR) is 146 cm³/mol. The number of nitrogens with zero attached hydrogens (tertiary/aromatic N) is 7. The molecule has 0 atom stereocenters. The van der Waals surface area contributed by atoms with Crippen LogP contribution in [0.1, 0.15) is 41.2 Å². The molecule has 8 nitrogen and oxygen atoms in total. The lowest BCUT2D eigenvalue weighted by molar-refractivity contribution is 0.184. The standard InChI is InChI=1S/C28H30FN7OS/c1-18-16-38-28-32-19(2)23(27(37)36(18)28)9-12-34-10-7-20(8-11-34)13-25-33-24-14-30-17-31-26(24)35(25)15-21-3-5-22(29)6-4-21/h3-6,14,16-17,20H,7-13,15H2,1-2H3. The normalized spacial score (nSPS) is 15.1. The van der Waals surface area contributed by atoms with Crippen LogP contribution in [0.3, 0.4) is 0 Å². The molecule has 1 aliphatic rings. The number of piperidine rings is 1. The second-order valence-corrected chi connectivity index (χ2v) is 11.0. The molecular formula is C28H30FN7OS. The lowest BCUT2D eigenvalue weighted by atomic mass is 9.93. The molecule has 0 saturated carbocycles. The van der Waals surface area contributed by atoms with Gasteiger partial charge in [-0.3, -0.25) is 9.20 Å². The average Bonchev–Trinajstić information content (AvgIpc) is 3.45. The number of halogens is 1. The summed E-state index contributed by atoms with van der Waals surface area (Å²) < 4.78 is 17.3. The highest BCUT2D eigenvalue weighted by molar-refractivity contribution is 7.15. The van der Waals surface area contributed by atoms with Crippen LogP contribution in [0.2, 0.25) is 0 Å². The monoisotopic (exact) mass is 531 g/mol. The molecule has 1 aliphatic heterocycles. The number of thiazole rings is 1. The van der Waals surface area contributed by atoms with Gasteiger partial charge in [0.15, 0.2) is 10.6 Å². The van der Waals surface area contributed by atoms with E-state index in [4.69, 9.17) is 4.98 Å². The number of likely N-dealkylation sites (tertiary alicyclic amines) is 1. The van der Waals surface area contributed by atoms with E-state index in [1.54, 1.807) is 16.9 Å². The van der Waals surface area contributed by atoms with Crippen molar-refractivity contribution >= 4 is 27.5 Å². The first-order chi connectivity index (χ1) is 18.5. The Morgan fingerprint density at radius 2 is 1.89 bits per heavy atom. The zero-order valence-electron chi connectivity index (χ0n) is 21.6. The zero-order valence-corrected chi connectivity index (χ0v) is 22.4. The summed E-state index contributed by atoms with van der Waals surface area (Å²) in [5.74, 6) is 1.27. The molecule has 1 aromatic carbocycles. The van der Waals surface area contributed by atoms with Crippen LogP contribution in [0.25, 0.3) is 16.1 Å². The Kier molecular flexibility index (Phi) is 6.75. The van der Waals surface area contributed by atoms with Crippen molar-refractivity contribution in [3.8, 4) is 0 Å². The first kappa shape index (κ1) is 24.8. The van der Waals surface area contributed by atoms with E-state index in [1.807, 2.05) is 31.4 Å². The topological polar surface area (TPSA) is 81.2 Å². The Hall–Kier alpha value is -3.50. The van der Waals surface area contributed by atoms with Gasteiger partial charge in [0, 0.05) is 35.3 Å². The Labute approximate surface area is 223 Å². The molecule has 10 heteroatoms. The zero-order chi connectivity index (χ0) is 26.2. The minimum Gasteiger partial charge on any atom is -0.308 e. The number of aryl methyl sites for hydroxylation is 2. The highest BCUT2D eigenvalue weighted by atomic mass is 32.1. The summed E-state index contributed by atoms with van der Waals surface area (Å²) in [6, 6.07) is 6.60. The number of fused-ring (bicyclic) bond motifs is 2. The van der Waals surface area contributed by atoms with E-state index in [0.717, 1.165) is 83.4 Å². The maximum absolute atomic E-state index is 13.4. The van der Waals surface area contributed by atoms with Crippen molar-refractivity contribution in [1.82, 2.24) is 33.8 Å². The van der Waals surface area contributed by atoms with Gasteiger partial charge in [-0.05, 0) is 69.8 Å². The van der Waals surface area contributed by atoms with Gasteiger partial charge in [0.2, 0.25) is 0 Å². The SMILES string of the molecule is Cc1nc2scc(C)n2c(=O)c1CCN1CCC(Cc2nc3cncnc3n2Cc2ccc(F)cc2)CC1. The van der Waals surface area contributed by atoms with E-state index in [-0.39, 0.29) is 11.4 Å². The third kappa shape index (κ3) is 4.86. The lowest BCUT2D eigenvalue weighted by Gasteiger charge is -2.32. The fraction of sp³-hybridized carbons (Fsp3) is 0.393. The number of aromatic nitrogens is 6. The molecule has 0 aliphatic carbocycles. The van der Waals surface area contributed by atoms with Gasteiger partial charge >= 0.3 is 0 Å². The minimum absolute atomic E-state index is 0.0734. The van der Waals surface area contributed by atoms with Gasteiger partial charge < -0.3 is 9.47 Å². The first-order valence-corrected chi connectivity index (χ1v) is 13.9.